The molecule has 0 saturated carbocycles. The lowest BCUT2D eigenvalue weighted by Gasteiger charge is -2.07. The standard InChI is InChI=1S/C16H22N2O4S/c1-3-22-15-6-4-14(5-7-15)12(2)17-18-16(19)10-13-8-9-23(20,21)11-13/h4-7,13H,3,8-11H2,1-2H3,(H,18,19)/b17-12-/t13-/m1/s1. The highest BCUT2D eigenvalue weighted by atomic mass is 32.2. The fourth-order valence-electron chi connectivity index (χ4n) is 2.51. The zero-order valence-corrected chi connectivity index (χ0v) is 14.2. The summed E-state index contributed by atoms with van der Waals surface area (Å²) < 4.78 is 28.1. The number of nitrogens with one attached hydrogen (secondary N) is 1. The number of carbonyl (C=O) groups excluding carboxylic acids is 1. The maximum atomic E-state index is 11.9. The van der Waals surface area contributed by atoms with Crippen molar-refractivity contribution in [1.29, 1.82) is 0 Å². The Morgan fingerprint density at radius 3 is 2.61 bits per heavy atom. The molecule has 0 spiro atoms. The minimum atomic E-state index is -2.95. The molecule has 1 heterocycles. The Bertz CT molecular complexity index is 681. The summed E-state index contributed by atoms with van der Waals surface area (Å²) in [6.45, 7) is 4.33. The van der Waals surface area contributed by atoms with E-state index >= 15 is 0 Å². The predicted molar refractivity (Wildman–Crippen MR) is 89.3 cm³/mol. The van der Waals surface area contributed by atoms with E-state index in [-0.39, 0.29) is 29.8 Å². The van der Waals surface area contributed by atoms with Crippen LogP contribution in [0, 0.1) is 5.92 Å². The highest BCUT2D eigenvalue weighted by Gasteiger charge is 2.29. The summed E-state index contributed by atoms with van der Waals surface area (Å²) in [5, 5.41) is 4.08. The molecule has 0 unspecified atom stereocenters. The van der Waals surface area contributed by atoms with Gasteiger partial charge in [0.25, 0.3) is 0 Å². The quantitative estimate of drug-likeness (QED) is 0.632. The summed E-state index contributed by atoms with van der Waals surface area (Å²) in [6, 6.07) is 7.45. The molecule has 0 radical (unpaired) electrons. The van der Waals surface area contributed by atoms with E-state index < -0.39 is 9.84 Å². The maximum absolute atomic E-state index is 11.9. The molecular formula is C16H22N2O4S. The summed E-state index contributed by atoms with van der Waals surface area (Å²) in [5.41, 5.74) is 4.07. The van der Waals surface area contributed by atoms with Crippen molar-refractivity contribution in [1.82, 2.24) is 5.43 Å². The zero-order chi connectivity index (χ0) is 16.9. The molecule has 7 heteroatoms. The second-order valence-corrected chi connectivity index (χ2v) is 7.89. The van der Waals surface area contributed by atoms with Crippen LogP contribution in [0.5, 0.6) is 5.75 Å². The van der Waals surface area contributed by atoms with Crippen molar-refractivity contribution in [2.75, 3.05) is 18.1 Å². The molecule has 1 atom stereocenters. The Morgan fingerprint density at radius 2 is 2.04 bits per heavy atom. The number of amides is 1. The van der Waals surface area contributed by atoms with Crippen molar-refractivity contribution in [3.8, 4) is 5.75 Å². The van der Waals surface area contributed by atoms with Crippen LogP contribution < -0.4 is 10.2 Å². The Balaban J connectivity index is 1.87. The number of nitrogens with zero attached hydrogens (tertiary/aromatic N) is 1. The third-order valence-corrected chi connectivity index (χ3v) is 5.57. The van der Waals surface area contributed by atoms with E-state index in [1.54, 1.807) is 6.92 Å². The van der Waals surface area contributed by atoms with Gasteiger partial charge in [-0.05, 0) is 56.0 Å². The minimum Gasteiger partial charge on any atom is -0.494 e. The fourth-order valence-corrected chi connectivity index (χ4v) is 4.37. The molecule has 1 aromatic carbocycles. The van der Waals surface area contributed by atoms with Crippen LogP contribution in [0.4, 0.5) is 0 Å². The van der Waals surface area contributed by atoms with Crippen molar-refractivity contribution >= 4 is 21.5 Å². The Labute approximate surface area is 136 Å². The third-order valence-electron chi connectivity index (χ3n) is 3.73. The topological polar surface area (TPSA) is 84.8 Å². The number of ether oxygens (including phenoxy) is 1. The van der Waals surface area contributed by atoms with Crippen LogP contribution in [0.15, 0.2) is 29.4 Å². The monoisotopic (exact) mass is 338 g/mol. The lowest BCUT2D eigenvalue weighted by atomic mass is 10.1. The van der Waals surface area contributed by atoms with Crippen LogP contribution in [-0.4, -0.2) is 38.1 Å². The molecular weight excluding hydrogens is 316 g/mol. The Morgan fingerprint density at radius 1 is 1.35 bits per heavy atom. The maximum Gasteiger partial charge on any atom is 0.240 e. The summed E-state index contributed by atoms with van der Waals surface area (Å²) in [4.78, 5) is 11.9. The van der Waals surface area contributed by atoms with Crippen molar-refractivity contribution in [2.45, 2.75) is 26.7 Å². The number of rotatable bonds is 6. The number of hydrogen-bond donors (Lipinski definition) is 1. The van der Waals surface area contributed by atoms with E-state index in [0.717, 1.165) is 11.3 Å². The summed E-state index contributed by atoms with van der Waals surface area (Å²) in [6.07, 6.45) is 0.747. The minimum absolute atomic E-state index is 0.0963. The van der Waals surface area contributed by atoms with Crippen LogP contribution in [0.25, 0.3) is 0 Å². The number of hydrazone groups is 1. The van der Waals surface area contributed by atoms with E-state index in [1.807, 2.05) is 31.2 Å². The largest absolute Gasteiger partial charge is 0.494 e. The molecule has 1 aromatic rings. The first kappa shape index (κ1) is 17.5. The van der Waals surface area contributed by atoms with Crippen molar-refractivity contribution in [3.63, 3.8) is 0 Å². The molecule has 6 nitrogen and oxygen atoms in total. The SMILES string of the molecule is CCOc1ccc(/C(C)=N\NC(=O)C[C@H]2CCS(=O)(=O)C2)cc1. The zero-order valence-electron chi connectivity index (χ0n) is 13.4. The molecule has 126 valence electrons. The molecule has 1 saturated heterocycles. The average molecular weight is 338 g/mol. The third kappa shape index (κ3) is 5.35. The number of hydrogen-bond acceptors (Lipinski definition) is 5. The van der Waals surface area contributed by atoms with Gasteiger partial charge in [0.1, 0.15) is 5.75 Å². The van der Waals surface area contributed by atoms with Gasteiger partial charge in [-0.3, -0.25) is 4.79 Å². The molecule has 0 aromatic heterocycles. The van der Waals surface area contributed by atoms with E-state index in [1.165, 1.54) is 0 Å². The lowest BCUT2D eigenvalue weighted by Crippen LogP contribution is -2.22. The molecule has 1 N–H and O–H groups in total. The van der Waals surface area contributed by atoms with Gasteiger partial charge in [-0.25, -0.2) is 13.8 Å². The van der Waals surface area contributed by atoms with Crippen LogP contribution in [0.3, 0.4) is 0 Å². The smallest absolute Gasteiger partial charge is 0.240 e. The van der Waals surface area contributed by atoms with Gasteiger partial charge in [-0.1, -0.05) is 0 Å². The number of benzene rings is 1. The van der Waals surface area contributed by atoms with Gasteiger partial charge in [-0.15, -0.1) is 0 Å². The second-order valence-electron chi connectivity index (χ2n) is 5.66. The van der Waals surface area contributed by atoms with Crippen molar-refractivity contribution < 1.29 is 17.9 Å². The molecule has 0 bridgehead atoms. The molecule has 1 aliphatic heterocycles. The van der Waals surface area contributed by atoms with Gasteiger partial charge in [0.05, 0.1) is 23.8 Å². The van der Waals surface area contributed by atoms with Crippen LogP contribution in [0.2, 0.25) is 0 Å². The fraction of sp³-hybridized carbons (Fsp3) is 0.500. The summed E-state index contributed by atoms with van der Waals surface area (Å²) in [5.74, 6) is 0.718. The van der Waals surface area contributed by atoms with Crippen LogP contribution >= 0.6 is 0 Å². The van der Waals surface area contributed by atoms with Gasteiger partial charge in [0.2, 0.25) is 5.91 Å². The number of carbonyl (C=O) groups is 1. The molecule has 23 heavy (non-hydrogen) atoms. The highest BCUT2D eigenvalue weighted by Crippen LogP contribution is 2.21. The summed E-state index contributed by atoms with van der Waals surface area (Å²) in [7, 11) is -2.95. The lowest BCUT2D eigenvalue weighted by molar-refractivity contribution is -0.121. The molecule has 1 aliphatic rings. The summed E-state index contributed by atoms with van der Waals surface area (Å²) >= 11 is 0. The first-order valence-electron chi connectivity index (χ1n) is 7.66. The van der Waals surface area contributed by atoms with Gasteiger partial charge < -0.3 is 4.74 Å². The molecule has 1 amide bonds. The molecule has 0 aliphatic carbocycles. The Kier molecular flexibility index (Phi) is 5.76. The van der Waals surface area contributed by atoms with Crippen molar-refractivity contribution in [3.05, 3.63) is 29.8 Å². The Hall–Kier alpha value is -1.89. The first-order valence-corrected chi connectivity index (χ1v) is 9.48. The highest BCUT2D eigenvalue weighted by molar-refractivity contribution is 7.91. The normalized spacial score (nSPS) is 20.3. The average Bonchev–Trinajstić information content (AvgIpc) is 2.84. The molecule has 1 fully saturated rings. The van der Waals surface area contributed by atoms with E-state index in [4.69, 9.17) is 4.74 Å². The number of sulfone groups is 1. The van der Waals surface area contributed by atoms with E-state index in [2.05, 4.69) is 10.5 Å². The van der Waals surface area contributed by atoms with E-state index in [0.29, 0.717) is 18.7 Å². The van der Waals surface area contributed by atoms with Crippen molar-refractivity contribution in [2.24, 2.45) is 11.0 Å². The van der Waals surface area contributed by atoms with E-state index in [9.17, 15) is 13.2 Å². The second kappa shape index (κ2) is 7.59. The van der Waals surface area contributed by atoms with Gasteiger partial charge in [0.15, 0.2) is 9.84 Å². The first-order chi connectivity index (χ1) is 10.9. The molecule has 2 rings (SSSR count). The van der Waals surface area contributed by atoms with Crippen LogP contribution in [0.1, 0.15) is 32.3 Å². The van der Waals surface area contributed by atoms with Gasteiger partial charge >= 0.3 is 0 Å². The van der Waals surface area contributed by atoms with Gasteiger partial charge in [-0.2, -0.15) is 5.10 Å². The van der Waals surface area contributed by atoms with Gasteiger partial charge in [0, 0.05) is 6.42 Å². The van der Waals surface area contributed by atoms with Crippen LogP contribution in [-0.2, 0) is 14.6 Å². The predicted octanol–water partition coefficient (Wildman–Crippen LogP) is 1.75.